The van der Waals surface area contributed by atoms with E-state index in [4.69, 9.17) is 20.9 Å². The van der Waals surface area contributed by atoms with E-state index >= 15 is 0 Å². The van der Waals surface area contributed by atoms with E-state index in [1.54, 1.807) is 0 Å². The molecule has 0 amide bonds. The summed E-state index contributed by atoms with van der Waals surface area (Å²) in [6, 6.07) is 4.26. The minimum absolute atomic E-state index is 0.0980. The number of nitrogens with one attached hydrogen (secondary N) is 1. The third kappa shape index (κ3) is 2.06. The van der Waals surface area contributed by atoms with Gasteiger partial charge in [-0.2, -0.15) is 0 Å². The van der Waals surface area contributed by atoms with E-state index in [2.05, 4.69) is 17.0 Å². The highest BCUT2D eigenvalue weighted by molar-refractivity contribution is 5.82. The van der Waals surface area contributed by atoms with Gasteiger partial charge in [0.1, 0.15) is 17.8 Å². The number of anilines is 1. The molecule has 1 atom stereocenters. The van der Waals surface area contributed by atoms with Crippen LogP contribution in [0.2, 0.25) is 0 Å². The average Bonchev–Trinajstić information content (AvgIpc) is 2.86. The number of ether oxygens (including phenoxy) is 1. The van der Waals surface area contributed by atoms with Crippen LogP contribution in [0.25, 0.3) is 0 Å². The molecular formula is C13H18N4O. The molecule has 3 rings (SSSR count). The van der Waals surface area contributed by atoms with Gasteiger partial charge in [-0.3, -0.25) is 5.41 Å². The van der Waals surface area contributed by atoms with Crippen molar-refractivity contribution in [1.29, 1.82) is 5.41 Å². The number of nitrogens with two attached hydrogens (primary N) is 1. The molecule has 0 saturated carbocycles. The minimum Gasteiger partial charge on any atom is -0.385 e. The SMILES string of the molecule is N=C(N)C1CN(c2ccc3c(n2)CCC3)CCO1. The number of aryl methyl sites for hydroxylation is 2. The van der Waals surface area contributed by atoms with Gasteiger partial charge in [0.05, 0.1) is 13.2 Å². The highest BCUT2D eigenvalue weighted by Crippen LogP contribution is 2.24. The Morgan fingerprint density at radius 3 is 3.17 bits per heavy atom. The third-order valence-corrected chi connectivity index (χ3v) is 3.65. The molecule has 5 nitrogen and oxygen atoms in total. The fraction of sp³-hybridized carbons (Fsp3) is 0.538. The number of nitrogens with zero attached hydrogens (tertiary/aromatic N) is 2. The van der Waals surface area contributed by atoms with Crippen LogP contribution < -0.4 is 10.6 Å². The van der Waals surface area contributed by atoms with Crippen LogP contribution in [-0.2, 0) is 17.6 Å². The lowest BCUT2D eigenvalue weighted by Gasteiger charge is -2.33. The molecule has 3 N–H and O–H groups in total. The molecule has 1 fully saturated rings. The number of morpholine rings is 1. The number of fused-ring (bicyclic) bond motifs is 1. The highest BCUT2D eigenvalue weighted by atomic mass is 16.5. The van der Waals surface area contributed by atoms with Crippen molar-refractivity contribution in [2.24, 2.45) is 5.73 Å². The third-order valence-electron chi connectivity index (χ3n) is 3.65. The number of pyridine rings is 1. The molecule has 18 heavy (non-hydrogen) atoms. The monoisotopic (exact) mass is 246 g/mol. The van der Waals surface area contributed by atoms with E-state index in [1.165, 1.54) is 17.7 Å². The van der Waals surface area contributed by atoms with Crippen molar-refractivity contribution in [3.05, 3.63) is 23.4 Å². The van der Waals surface area contributed by atoms with Gasteiger partial charge in [0.2, 0.25) is 0 Å². The molecule has 1 aliphatic heterocycles. The van der Waals surface area contributed by atoms with E-state index in [0.29, 0.717) is 13.2 Å². The average molecular weight is 246 g/mol. The molecule has 2 aliphatic rings. The van der Waals surface area contributed by atoms with Gasteiger partial charge in [0, 0.05) is 12.2 Å². The fourth-order valence-electron chi connectivity index (χ4n) is 2.63. The first-order valence-corrected chi connectivity index (χ1v) is 6.43. The number of hydrogen-bond acceptors (Lipinski definition) is 4. The van der Waals surface area contributed by atoms with Crippen molar-refractivity contribution in [2.75, 3.05) is 24.6 Å². The highest BCUT2D eigenvalue weighted by Gasteiger charge is 2.24. The number of hydrogen-bond donors (Lipinski definition) is 2. The van der Waals surface area contributed by atoms with Crippen LogP contribution in [0.3, 0.4) is 0 Å². The van der Waals surface area contributed by atoms with Crippen LogP contribution in [0.15, 0.2) is 12.1 Å². The fourth-order valence-corrected chi connectivity index (χ4v) is 2.63. The summed E-state index contributed by atoms with van der Waals surface area (Å²) in [4.78, 5) is 6.89. The molecule has 1 saturated heterocycles. The molecule has 1 aliphatic carbocycles. The van der Waals surface area contributed by atoms with E-state index in [9.17, 15) is 0 Å². The van der Waals surface area contributed by atoms with Crippen molar-refractivity contribution in [1.82, 2.24) is 4.98 Å². The Bertz CT molecular complexity index is 474. The molecule has 0 spiro atoms. The summed E-state index contributed by atoms with van der Waals surface area (Å²) in [5.41, 5.74) is 8.13. The first kappa shape index (κ1) is 11.5. The summed E-state index contributed by atoms with van der Waals surface area (Å²) in [7, 11) is 0. The van der Waals surface area contributed by atoms with E-state index < -0.39 is 0 Å². The van der Waals surface area contributed by atoms with Gasteiger partial charge < -0.3 is 15.4 Å². The predicted octanol–water partition coefficient (Wildman–Crippen LogP) is 0.711. The molecule has 1 aromatic heterocycles. The second-order valence-corrected chi connectivity index (χ2v) is 4.89. The second kappa shape index (κ2) is 4.57. The van der Waals surface area contributed by atoms with Gasteiger partial charge in [-0.05, 0) is 30.9 Å². The summed E-state index contributed by atoms with van der Waals surface area (Å²) in [5.74, 6) is 1.09. The van der Waals surface area contributed by atoms with Crippen molar-refractivity contribution in [3.63, 3.8) is 0 Å². The van der Waals surface area contributed by atoms with E-state index in [1.807, 2.05) is 0 Å². The second-order valence-electron chi connectivity index (χ2n) is 4.89. The van der Waals surface area contributed by atoms with Crippen LogP contribution >= 0.6 is 0 Å². The van der Waals surface area contributed by atoms with Crippen LogP contribution in [0.1, 0.15) is 17.7 Å². The van der Waals surface area contributed by atoms with Gasteiger partial charge in [0.15, 0.2) is 0 Å². The summed E-state index contributed by atoms with van der Waals surface area (Å²) in [6.45, 7) is 2.04. The molecule has 0 bridgehead atoms. The lowest BCUT2D eigenvalue weighted by Crippen LogP contribution is -2.48. The Balaban J connectivity index is 1.80. The molecular weight excluding hydrogens is 228 g/mol. The summed E-state index contributed by atoms with van der Waals surface area (Å²) >= 11 is 0. The van der Waals surface area contributed by atoms with Gasteiger partial charge in [-0.25, -0.2) is 4.98 Å². The first-order chi connectivity index (χ1) is 8.74. The predicted molar refractivity (Wildman–Crippen MR) is 70.1 cm³/mol. The Hall–Kier alpha value is -1.62. The lowest BCUT2D eigenvalue weighted by molar-refractivity contribution is 0.0823. The Labute approximate surface area is 106 Å². The van der Waals surface area contributed by atoms with Crippen LogP contribution in [0.5, 0.6) is 0 Å². The van der Waals surface area contributed by atoms with Gasteiger partial charge >= 0.3 is 0 Å². The van der Waals surface area contributed by atoms with Crippen molar-refractivity contribution in [3.8, 4) is 0 Å². The van der Waals surface area contributed by atoms with Crippen LogP contribution in [0.4, 0.5) is 5.82 Å². The largest absolute Gasteiger partial charge is 0.385 e. The quantitative estimate of drug-likeness (QED) is 0.595. The van der Waals surface area contributed by atoms with E-state index in [0.717, 1.165) is 25.2 Å². The maximum atomic E-state index is 7.47. The number of amidine groups is 1. The zero-order valence-electron chi connectivity index (χ0n) is 10.4. The van der Waals surface area contributed by atoms with Crippen molar-refractivity contribution < 1.29 is 4.74 Å². The minimum atomic E-state index is -0.297. The van der Waals surface area contributed by atoms with Crippen molar-refractivity contribution in [2.45, 2.75) is 25.4 Å². The molecule has 1 unspecified atom stereocenters. The number of aromatic nitrogens is 1. The van der Waals surface area contributed by atoms with Gasteiger partial charge in [-0.15, -0.1) is 0 Å². The maximum absolute atomic E-state index is 7.47. The molecule has 1 aromatic rings. The molecule has 5 heteroatoms. The van der Waals surface area contributed by atoms with Crippen LogP contribution in [-0.4, -0.2) is 36.6 Å². The summed E-state index contributed by atoms with van der Waals surface area (Å²) in [6.07, 6.45) is 3.16. The zero-order valence-corrected chi connectivity index (χ0v) is 10.4. The van der Waals surface area contributed by atoms with Crippen molar-refractivity contribution >= 4 is 11.7 Å². The number of rotatable bonds is 2. The molecule has 2 heterocycles. The lowest BCUT2D eigenvalue weighted by atomic mass is 10.2. The topological polar surface area (TPSA) is 75.2 Å². The summed E-state index contributed by atoms with van der Waals surface area (Å²) < 4.78 is 5.46. The Kier molecular flexibility index (Phi) is 2.91. The smallest absolute Gasteiger partial charge is 0.131 e. The normalized spacial score (nSPS) is 22.9. The standard InChI is InChI=1S/C13H18N4O/c14-13(15)11-8-17(6-7-18-11)12-5-4-9-2-1-3-10(9)16-12/h4-5,11H,1-3,6-8H2,(H3,14,15). The summed E-state index contributed by atoms with van der Waals surface area (Å²) in [5, 5.41) is 7.47. The zero-order chi connectivity index (χ0) is 12.5. The van der Waals surface area contributed by atoms with Gasteiger partial charge in [0.25, 0.3) is 0 Å². The van der Waals surface area contributed by atoms with Crippen LogP contribution in [0, 0.1) is 5.41 Å². The maximum Gasteiger partial charge on any atom is 0.131 e. The van der Waals surface area contributed by atoms with Gasteiger partial charge in [-0.1, -0.05) is 6.07 Å². The van der Waals surface area contributed by atoms with E-state index in [-0.39, 0.29) is 11.9 Å². The Morgan fingerprint density at radius 2 is 2.33 bits per heavy atom. The molecule has 96 valence electrons. The molecule has 0 aromatic carbocycles. The first-order valence-electron chi connectivity index (χ1n) is 6.43. The molecule has 0 radical (unpaired) electrons. The Morgan fingerprint density at radius 1 is 1.44 bits per heavy atom.